The van der Waals surface area contributed by atoms with Crippen molar-refractivity contribution in [3.63, 3.8) is 0 Å². The molecule has 0 amide bonds. The van der Waals surface area contributed by atoms with Gasteiger partial charge in [0.15, 0.2) is 0 Å². The zero-order valence-corrected chi connectivity index (χ0v) is 10.0. The first-order valence-corrected chi connectivity index (χ1v) is 5.91. The molecule has 0 aliphatic heterocycles. The summed E-state index contributed by atoms with van der Waals surface area (Å²) in [6.07, 6.45) is 0. The van der Waals surface area contributed by atoms with Crippen LogP contribution in [0.2, 0.25) is 0 Å². The van der Waals surface area contributed by atoms with Crippen LogP contribution in [0, 0.1) is 6.92 Å². The molecule has 0 heterocycles. The zero-order chi connectivity index (χ0) is 10.9. The third kappa shape index (κ3) is 2.26. The fourth-order valence-electron chi connectivity index (χ4n) is 0.998. The minimum Gasteiger partial charge on any atom is -0.495 e. The number of benzene rings is 1. The molecule has 0 aromatic heterocycles. The summed E-state index contributed by atoms with van der Waals surface area (Å²) in [6.45, 7) is 1.72. The molecule has 4 nitrogen and oxygen atoms in total. The first kappa shape index (κ1) is 11.5. The highest BCUT2D eigenvalue weighted by molar-refractivity contribution is 9.10. The van der Waals surface area contributed by atoms with E-state index in [1.54, 1.807) is 6.92 Å². The molecule has 0 aliphatic rings. The molecule has 1 rings (SSSR count). The van der Waals surface area contributed by atoms with E-state index in [2.05, 4.69) is 15.9 Å². The predicted molar refractivity (Wildman–Crippen MR) is 55.2 cm³/mol. The second-order valence-corrected chi connectivity index (χ2v) is 4.97. The van der Waals surface area contributed by atoms with Crippen LogP contribution in [0.15, 0.2) is 21.5 Å². The molecule has 0 saturated carbocycles. The Balaban J connectivity index is 3.51. The highest BCUT2D eigenvalue weighted by Gasteiger charge is 2.17. The van der Waals surface area contributed by atoms with E-state index in [1.807, 2.05) is 0 Å². The third-order valence-electron chi connectivity index (χ3n) is 1.72. The third-order valence-corrected chi connectivity index (χ3v) is 3.45. The van der Waals surface area contributed by atoms with Crippen LogP contribution in [-0.4, -0.2) is 20.1 Å². The Morgan fingerprint density at radius 3 is 2.43 bits per heavy atom. The fourth-order valence-corrected chi connectivity index (χ4v) is 2.04. The minimum atomic E-state index is -4.23. The minimum absolute atomic E-state index is 0.116. The molecule has 6 heteroatoms. The monoisotopic (exact) mass is 280 g/mol. The van der Waals surface area contributed by atoms with E-state index in [-0.39, 0.29) is 10.6 Å². The van der Waals surface area contributed by atoms with Gasteiger partial charge in [0.05, 0.1) is 7.11 Å². The number of hydrogen-bond acceptors (Lipinski definition) is 3. The molecule has 78 valence electrons. The standard InChI is InChI=1S/C8H9BrO4S/c1-5-3-8(14(10,11)12)7(13-2)4-6(5)9/h3-4H,1-2H3,(H,10,11,12). The van der Waals surface area contributed by atoms with Crippen LogP contribution >= 0.6 is 15.9 Å². The van der Waals surface area contributed by atoms with Crippen molar-refractivity contribution in [2.75, 3.05) is 7.11 Å². The Labute approximate surface area is 90.8 Å². The SMILES string of the molecule is COc1cc(Br)c(C)cc1S(=O)(=O)O. The first-order valence-electron chi connectivity index (χ1n) is 3.68. The number of halogens is 1. The molecule has 1 N–H and O–H groups in total. The van der Waals surface area contributed by atoms with Crippen LogP contribution in [0.4, 0.5) is 0 Å². The molecule has 14 heavy (non-hydrogen) atoms. The van der Waals surface area contributed by atoms with E-state index in [0.29, 0.717) is 5.56 Å². The number of aryl methyl sites for hydroxylation is 1. The van der Waals surface area contributed by atoms with Crippen molar-refractivity contribution in [3.05, 3.63) is 22.2 Å². The van der Waals surface area contributed by atoms with E-state index in [0.717, 1.165) is 4.47 Å². The summed E-state index contributed by atoms with van der Waals surface area (Å²) >= 11 is 3.23. The van der Waals surface area contributed by atoms with Crippen molar-refractivity contribution in [1.82, 2.24) is 0 Å². The summed E-state index contributed by atoms with van der Waals surface area (Å²) in [5.41, 5.74) is 0.707. The molecule has 0 unspecified atom stereocenters. The average molecular weight is 281 g/mol. The quantitative estimate of drug-likeness (QED) is 0.842. The smallest absolute Gasteiger partial charge is 0.298 e. The van der Waals surface area contributed by atoms with Crippen molar-refractivity contribution in [2.45, 2.75) is 11.8 Å². The van der Waals surface area contributed by atoms with Crippen molar-refractivity contribution in [1.29, 1.82) is 0 Å². The van der Waals surface area contributed by atoms with Crippen molar-refractivity contribution < 1.29 is 17.7 Å². The number of methoxy groups -OCH3 is 1. The molecule has 1 aromatic carbocycles. The van der Waals surface area contributed by atoms with E-state index < -0.39 is 10.1 Å². The van der Waals surface area contributed by atoms with Gasteiger partial charge in [-0.1, -0.05) is 15.9 Å². The number of ether oxygens (including phenoxy) is 1. The summed E-state index contributed by atoms with van der Waals surface area (Å²) < 4.78 is 36.3. The molecule has 0 fully saturated rings. The lowest BCUT2D eigenvalue weighted by Gasteiger charge is -2.08. The average Bonchev–Trinajstić information content (AvgIpc) is 2.07. The van der Waals surface area contributed by atoms with Crippen LogP contribution in [0.1, 0.15) is 5.56 Å². The lowest BCUT2D eigenvalue weighted by molar-refractivity contribution is 0.397. The van der Waals surface area contributed by atoms with Gasteiger partial charge in [0.1, 0.15) is 10.6 Å². The fraction of sp³-hybridized carbons (Fsp3) is 0.250. The van der Waals surface area contributed by atoms with Crippen molar-refractivity contribution in [3.8, 4) is 5.75 Å². The molecule has 0 radical (unpaired) electrons. The molecule has 0 spiro atoms. The van der Waals surface area contributed by atoms with Gasteiger partial charge in [-0.05, 0) is 24.6 Å². The summed E-state index contributed by atoms with van der Waals surface area (Å²) in [4.78, 5) is -0.222. The number of hydrogen-bond donors (Lipinski definition) is 1. The van der Waals surface area contributed by atoms with E-state index in [1.165, 1.54) is 19.2 Å². The van der Waals surface area contributed by atoms with E-state index in [9.17, 15) is 8.42 Å². The van der Waals surface area contributed by atoms with E-state index >= 15 is 0 Å². The lowest BCUT2D eigenvalue weighted by Crippen LogP contribution is -2.02. The second kappa shape index (κ2) is 3.88. The van der Waals surface area contributed by atoms with Crippen LogP contribution in [0.3, 0.4) is 0 Å². The second-order valence-electron chi connectivity index (χ2n) is 2.73. The summed E-state index contributed by atoms with van der Waals surface area (Å²) in [7, 11) is -2.89. The largest absolute Gasteiger partial charge is 0.495 e. The lowest BCUT2D eigenvalue weighted by atomic mass is 10.2. The molecule has 1 aromatic rings. The van der Waals surface area contributed by atoms with Crippen molar-refractivity contribution >= 4 is 26.0 Å². The summed E-state index contributed by atoms with van der Waals surface area (Å²) in [5.74, 6) is 0.116. The summed E-state index contributed by atoms with van der Waals surface area (Å²) in [6, 6.07) is 2.84. The normalized spacial score (nSPS) is 11.4. The highest BCUT2D eigenvalue weighted by atomic mass is 79.9. The number of rotatable bonds is 2. The van der Waals surface area contributed by atoms with Gasteiger partial charge >= 0.3 is 0 Å². The van der Waals surface area contributed by atoms with E-state index in [4.69, 9.17) is 9.29 Å². The molecular weight excluding hydrogens is 272 g/mol. The van der Waals surface area contributed by atoms with Gasteiger partial charge in [0.2, 0.25) is 0 Å². The van der Waals surface area contributed by atoms with Gasteiger partial charge in [-0.25, -0.2) is 0 Å². The van der Waals surface area contributed by atoms with Gasteiger partial charge in [-0.3, -0.25) is 4.55 Å². The van der Waals surface area contributed by atoms with Gasteiger partial charge in [-0.2, -0.15) is 8.42 Å². The van der Waals surface area contributed by atoms with Crippen LogP contribution in [0.5, 0.6) is 5.75 Å². The highest BCUT2D eigenvalue weighted by Crippen LogP contribution is 2.29. The topological polar surface area (TPSA) is 63.6 Å². The molecular formula is C8H9BrO4S. The van der Waals surface area contributed by atoms with Gasteiger partial charge in [-0.15, -0.1) is 0 Å². The molecule has 0 saturated heterocycles. The summed E-state index contributed by atoms with van der Waals surface area (Å²) in [5, 5.41) is 0. The van der Waals surface area contributed by atoms with Crippen LogP contribution in [-0.2, 0) is 10.1 Å². The van der Waals surface area contributed by atoms with Crippen LogP contribution in [0.25, 0.3) is 0 Å². The Kier molecular flexibility index (Phi) is 3.18. The Bertz CT molecular complexity index is 453. The predicted octanol–water partition coefficient (Wildman–Crippen LogP) is 2.01. The molecule has 0 atom stereocenters. The maximum absolute atomic E-state index is 10.9. The van der Waals surface area contributed by atoms with Gasteiger partial charge in [0.25, 0.3) is 10.1 Å². The van der Waals surface area contributed by atoms with Gasteiger partial charge < -0.3 is 4.74 Å². The Morgan fingerprint density at radius 2 is 2.00 bits per heavy atom. The zero-order valence-electron chi connectivity index (χ0n) is 7.61. The Hall–Kier alpha value is -0.590. The molecule has 0 bridgehead atoms. The maximum atomic E-state index is 10.9. The Morgan fingerprint density at radius 1 is 1.43 bits per heavy atom. The van der Waals surface area contributed by atoms with Gasteiger partial charge in [0, 0.05) is 4.47 Å². The maximum Gasteiger partial charge on any atom is 0.298 e. The van der Waals surface area contributed by atoms with Crippen molar-refractivity contribution in [2.24, 2.45) is 0 Å². The molecule has 0 aliphatic carbocycles. The van der Waals surface area contributed by atoms with Crippen LogP contribution < -0.4 is 4.74 Å². The first-order chi connectivity index (χ1) is 6.36.